The fourth-order valence-electron chi connectivity index (χ4n) is 1.42. The molecule has 1 fully saturated rings. The van der Waals surface area contributed by atoms with Crippen molar-refractivity contribution in [1.82, 2.24) is 25.5 Å². The van der Waals surface area contributed by atoms with E-state index in [-0.39, 0.29) is 0 Å². The Balaban J connectivity index is 1.81. The molecule has 1 aliphatic carbocycles. The van der Waals surface area contributed by atoms with Gasteiger partial charge in [0, 0.05) is 6.04 Å². The van der Waals surface area contributed by atoms with Gasteiger partial charge < -0.3 is 5.32 Å². The molecule has 2 rings (SSSR count). The fraction of sp³-hybridized carbons (Fsp3) is 0.875. The van der Waals surface area contributed by atoms with E-state index in [2.05, 4.69) is 34.6 Å². The second-order valence-corrected chi connectivity index (χ2v) is 4.32. The lowest BCUT2D eigenvalue weighted by Crippen LogP contribution is -2.20. The highest BCUT2D eigenvalue weighted by Gasteiger charge is 2.45. The SMILES string of the molecule is Cn1nnc(CNC2CC2(C)C)n1. The van der Waals surface area contributed by atoms with Crippen LogP contribution in [0.25, 0.3) is 0 Å². The molecule has 0 bridgehead atoms. The van der Waals surface area contributed by atoms with Gasteiger partial charge in [-0.15, -0.1) is 10.2 Å². The van der Waals surface area contributed by atoms with Crippen molar-refractivity contribution in [2.24, 2.45) is 12.5 Å². The minimum Gasteiger partial charge on any atom is -0.306 e. The summed E-state index contributed by atoms with van der Waals surface area (Å²) in [6.45, 7) is 5.24. The molecule has 1 aromatic rings. The third-order valence-electron chi connectivity index (χ3n) is 2.57. The molecule has 1 N–H and O–H groups in total. The number of aromatic nitrogens is 4. The summed E-state index contributed by atoms with van der Waals surface area (Å²) in [5, 5.41) is 15.2. The molecule has 0 aliphatic heterocycles. The average Bonchev–Trinajstić information content (AvgIpc) is 2.45. The first-order valence-corrected chi connectivity index (χ1v) is 4.54. The van der Waals surface area contributed by atoms with Crippen LogP contribution in [0, 0.1) is 5.41 Å². The van der Waals surface area contributed by atoms with Gasteiger partial charge in [0.25, 0.3) is 0 Å². The fourth-order valence-corrected chi connectivity index (χ4v) is 1.42. The summed E-state index contributed by atoms with van der Waals surface area (Å²) >= 11 is 0. The van der Waals surface area contributed by atoms with Crippen molar-refractivity contribution >= 4 is 0 Å². The minimum absolute atomic E-state index is 0.461. The molecule has 0 radical (unpaired) electrons. The largest absolute Gasteiger partial charge is 0.306 e. The van der Waals surface area contributed by atoms with E-state index in [1.807, 2.05) is 0 Å². The minimum atomic E-state index is 0.461. The standard InChI is InChI=1S/C8H15N5/c1-8(2)4-6(8)9-5-7-10-12-13(3)11-7/h6,9H,4-5H2,1-3H3. The van der Waals surface area contributed by atoms with Crippen LogP contribution >= 0.6 is 0 Å². The van der Waals surface area contributed by atoms with Crippen molar-refractivity contribution in [3.8, 4) is 0 Å². The average molecular weight is 181 g/mol. The summed E-state index contributed by atoms with van der Waals surface area (Å²) in [7, 11) is 1.78. The monoisotopic (exact) mass is 181 g/mol. The van der Waals surface area contributed by atoms with Crippen LogP contribution in [0.1, 0.15) is 26.1 Å². The normalized spacial score (nSPS) is 24.7. The number of hydrogen-bond donors (Lipinski definition) is 1. The number of tetrazole rings is 1. The van der Waals surface area contributed by atoms with Crippen molar-refractivity contribution in [3.63, 3.8) is 0 Å². The Morgan fingerprint density at radius 2 is 2.31 bits per heavy atom. The molecule has 0 amide bonds. The van der Waals surface area contributed by atoms with Crippen LogP contribution in [0.5, 0.6) is 0 Å². The maximum absolute atomic E-state index is 4.09. The lowest BCUT2D eigenvalue weighted by molar-refractivity contribution is 0.533. The highest BCUT2D eigenvalue weighted by Crippen LogP contribution is 2.44. The number of rotatable bonds is 3. The van der Waals surface area contributed by atoms with Crippen molar-refractivity contribution in [2.45, 2.75) is 32.9 Å². The van der Waals surface area contributed by atoms with Crippen molar-refractivity contribution in [2.75, 3.05) is 0 Å². The van der Waals surface area contributed by atoms with E-state index in [1.165, 1.54) is 11.2 Å². The van der Waals surface area contributed by atoms with Gasteiger partial charge in [-0.3, -0.25) is 0 Å². The van der Waals surface area contributed by atoms with Crippen LogP contribution in [0.4, 0.5) is 0 Å². The van der Waals surface area contributed by atoms with Crippen molar-refractivity contribution in [1.29, 1.82) is 0 Å². The molecule has 5 nitrogen and oxygen atoms in total. The number of aryl methyl sites for hydroxylation is 1. The number of hydrogen-bond acceptors (Lipinski definition) is 4. The Hall–Kier alpha value is -0.970. The van der Waals surface area contributed by atoms with E-state index in [1.54, 1.807) is 7.05 Å². The van der Waals surface area contributed by atoms with Crippen molar-refractivity contribution < 1.29 is 0 Å². The van der Waals surface area contributed by atoms with Gasteiger partial charge in [0.1, 0.15) is 0 Å². The zero-order valence-electron chi connectivity index (χ0n) is 8.28. The molecule has 1 aromatic heterocycles. The Bertz CT molecular complexity index is 303. The van der Waals surface area contributed by atoms with E-state index >= 15 is 0 Å². The smallest absolute Gasteiger partial charge is 0.188 e. The van der Waals surface area contributed by atoms with Crippen LogP contribution in [0.3, 0.4) is 0 Å². The van der Waals surface area contributed by atoms with E-state index in [0.717, 1.165) is 12.4 Å². The van der Waals surface area contributed by atoms with E-state index in [0.29, 0.717) is 11.5 Å². The maximum atomic E-state index is 4.09. The lowest BCUT2D eigenvalue weighted by atomic mass is 10.2. The third kappa shape index (κ3) is 1.85. The zero-order chi connectivity index (χ0) is 9.47. The first kappa shape index (κ1) is 8.62. The Morgan fingerprint density at radius 3 is 2.77 bits per heavy atom. The third-order valence-corrected chi connectivity index (χ3v) is 2.57. The summed E-state index contributed by atoms with van der Waals surface area (Å²) in [6.07, 6.45) is 1.24. The van der Waals surface area contributed by atoms with E-state index in [4.69, 9.17) is 0 Å². The molecule has 0 saturated heterocycles. The van der Waals surface area contributed by atoms with Gasteiger partial charge >= 0.3 is 0 Å². The first-order chi connectivity index (χ1) is 6.08. The summed E-state index contributed by atoms with van der Waals surface area (Å²) in [5.74, 6) is 0.769. The van der Waals surface area contributed by atoms with Gasteiger partial charge in [-0.2, -0.15) is 4.80 Å². The summed E-state index contributed by atoms with van der Waals surface area (Å²) in [5.41, 5.74) is 0.461. The summed E-state index contributed by atoms with van der Waals surface area (Å²) in [4.78, 5) is 1.48. The van der Waals surface area contributed by atoms with Crippen LogP contribution in [0.2, 0.25) is 0 Å². The molecular formula is C8H15N5. The van der Waals surface area contributed by atoms with Crippen LogP contribution < -0.4 is 5.32 Å². The molecule has 5 heteroatoms. The van der Waals surface area contributed by atoms with Gasteiger partial charge in [0.2, 0.25) is 0 Å². The molecule has 1 aliphatic rings. The number of nitrogens with one attached hydrogen (secondary N) is 1. The van der Waals surface area contributed by atoms with Gasteiger partial charge in [-0.1, -0.05) is 13.8 Å². The van der Waals surface area contributed by atoms with Crippen LogP contribution in [0.15, 0.2) is 0 Å². The molecule has 72 valence electrons. The van der Waals surface area contributed by atoms with Gasteiger partial charge in [0.15, 0.2) is 5.82 Å². The molecular weight excluding hydrogens is 166 g/mol. The summed E-state index contributed by atoms with van der Waals surface area (Å²) < 4.78 is 0. The topological polar surface area (TPSA) is 55.6 Å². The number of nitrogens with zero attached hydrogens (tertiary/aromatic N) is 4. The predicted octanol–water partition coefficient (Wildman–Crippen LogP) is 0.0982. The molecule has 1 heterocycles. The van der Waals surface area contributed by atoms with E-state index in [9.17, 15) is 0 Å². The molecule has 1 atom stereocenters. The Kier molecular flexibility index (Phi) is 1.83. The second kappa shape index (κ2) is 2.77. The van der Waals surface area contributed by atoms with Crippen LogP contribution in [-0.2, 0) is 13.6 Å². The molecule has 0 spiro atoms. The lowest BCUT2D eigenvalue weighted by Gasteiger charge is -2.02. The van der Waals surface area contributed by atoms with Gasteiger partial charge in [-0.25, -0.2) is 0 Å². The Morgan fingerprint density at radius 1 is 1.62 bits per heavy atom. The molecule has 1 unspecified atom stereocenters. The molecule has 0 aromatic carbocycles. The first-order valence-electron chi connectivity index (χ1n) is 4.54. The quantitative estimate of drug-likeness (QED) is 0.718. The zero-order valence-corrected chi connectivity index (χ0v) is 8.28. The summed E-state index contributed by atoms with van der Waals surface area (Å²) in [6, 6.07) is 0.622. The predicted molar refractivity (Wildman–Crippen MR) is 47.8 cm³/mol. The second-order valence-electron chi connectivity index (χ2n) is 4.32. The van der Waals surface area contributed by atoms with Gasteiger partial charge in [0.05, 0.1) is 13.6 Å². The van der Waals surface area contributed by atoms with E-state index < -0.39 is 0 Å². The van der Waals surface area contributed by atoms with Crippen molar-refractivity contribution in [3.05, 3.63) is 5.82 Å². The maximum Gasteiger partial charge on any atom is 0.188 e. The van der Waals surface area contributed by atoms with Crippen LogP contribution in [-0.4, -0.2) is 26.2 Å². The highest BCUT2D eigenvalue weighted by molar-refractivity contribution is 5.01. The van der Waals surface area contributed by atoms with Gasteiger partial charge in [-0.05, 0) is 17.0 Å². The highest BCUT2D eigenvalue weighted by atomic mass is 15.6. The molecule has 13 heavy (non-hydrogen) atoms. The molecule has 1 saturated carbocycles. The Labute approximate surface area is 77.5 Å².